The molecule has 2 N–H and O–H groups in total. The summed E-state index contributed by atoms with van der Waals surface area (Å²) in [7, 11) is 0. The van der Waals surface area contributed by atoms with Crippen molar-refractivity contribution in [1.29, 1.82) is 0 Å². The standard InChI is InChI=1S/C17H19BrN2/c1-12-9-16(18)15-11-20(8-7-14(15)17(12)19)10-13-5-3-2-4-6-13/h2-6,9H,7-8,10-11,19H2,1H3. The molecule has 2 aromatic carbocycles. The second-order valence-electron chi connectivity index (χ2n) is 5.49. The summed E-state index contributed by atoms with van der Waals surface area (Å²) in [4.78, 5) is 2.48. The third-order valence-corrected chi connectivity index (χ3v) is 4.76. The zero-order valence-corrected chi connectivity index (χ0v) is 13.3. The molecule has 1 aliphatic heterocycles. The number of anilines is 1. The number of hydrogen-bond acceptors (Lipinski definition) is 2. The molecule has 0 saturated heterocycles. The zero-order chi connectivity index (χ0) is 14.1. The number of hydrogen-bond donors (Lipinski definition) is 1. The number of nitrogens with zero attached hydrogens (tertiary/aromatic N) is 1. The second-order valence-corrected chi connectivity index (χ2v) is 6.35. The lowest BCUT2D eigenvalue weighted by atomic mass is 9.95. The maximum absolute atomic E-state index is 6.23. The van der Waals surface area contributed by atoms with Crippen molar-refractivity contribution >= 4 is 21.6 Å². The smallest absolute Gasteiger partial charge is 0.0380 e. The molecule has 0 fully saturated rings. The molecule has 0 spiro atoms. The fourth-order valence-electron chi connectivity index (χ4n) is 2.91. The van der Waals surface area contributed by atoms with Gasteiger partial charge >= 0.3 is 0 Å². The van der Waals surface area contributed by atoms with Crippen LogP contribution in [0.1, 0.15) is 22.3 Å². The highest BCUT2D eigenvalue weighted by Crippen LogP contribution is 2.33. The number of fused-ring (bicyclic) bond motifs is 1. The van der Waals surface area contributed by atoms with Crippen LogP contribution in [-0.2, 0) is 19.5 Å². The summed E-state index contributed by atoms with van der Waals surface area (Å²) < 4.78 is 1.19. The Bertz CT molecular complexity index is 623. The molecule has 0 unspecified atom stereocenters. The van der Waals surface area contributed by atoms with E-state index in [9.17, 15) is 0 Å². The highest BCUT2D eigenvalue weighted by Gasteiger charge is 2.21. The molecule has 0 aliphatic carbocycles. The molecule has 0 amide bonds. The van der Waals surface area contributed by atoms with Crippen LogP contribution in [0.25, 0.3) is 0 Å². The van der Waals surface area contributed by atoms with Crippen LogP contribution in [0.4, 0.5) is 5.69 Å². The minimum Gasteiger partial charge on any atom is -0.398 e. The monoisotopic (exact) mass is 330 g/mol. The lowest BCUT2D eigenvalue weighted by Crippen LogP contribution is -2.31. The summed E-state index contributed by atoms with van der Waals surface area (Å²) in [6, 6.07) is 12.8. The average molecular weight is 331 g/mol. The minimum absolute atomic E-state index is 0.968. The summed E-state index contributed by atoms with van der Waals surface area (Å²) in [6.07, 6.45) is 1.04. The van der Waals surface area contributed by atoms with Gasteiger partial charge in [0, 0.05) is 29.8 Å². The third kappa shape index (κ3) is 2.60. The van der Waals surface area contributed by atoms with Gasteiger partial charge in [-0.2, -0.15) is 0 Å². The summed E-state index contributed by atoms with van der Waals surface area (Å²) in [5.74, 6) is 0. The maximum atomic E-state index is 6.23. The van der Waals surface area contributed by atoms with Gasteiger partial charge in [-0.3, -0.25) is 4.90 Å². The van der Waals surface area contributed by atoms with Gasteiger partial charge in [-0.15, -0.1) is 0 Å². The summed E-state index contributed by atoms with van der Waals surface area (Å²) in [6.45, 7) is 5.12. The molecule has 2 nitrogen and oxygen atoms in total. The first-order chi connectivity index (χ1) is 9.65. The van der Waals surface area contributed by atoms with E-state index in [1.807, 2.05) is 0 Å². The number of nitrogens with two attached hydrogens (primary N) is 1. The van der Waals surface area contributed by atoms with Gasteiger partial charge in [0.25, 0.3) is 0 Å². The van der Waals surface area contributed by atoms with E-state index in [2.05, 4.69) is 64.2 Å². The summed E-state index contributed by atoms with van der Waals surface area (Å²) in [5.41, 5.74) is 12.4. The number of aryl methyl sites for hydroxylation is 1. The van der Waals surface area contributed by atoms with Crippen LogP contribution < -0.4 is 5.73 Å². The fraction of sp³-hybridized carbons (Fsp3) is 0.294. The molecule has 104 valence electrons. The largest absolute Gasteiger partial charge is 0.398 e. The van der Waals surface area contributed by atoms with Gasteiger partial charge in [0.15, 0.2) is 0 Å². The van der Waals surface area contributed by atoms with E-state index in [0.29, 0.717) is 0 Å². The fourth-order valence-corrected chi connectivity index (χ4v) is 3.61. The molecule has 0 saturated carbocycles. The highest BCUT2D eigenvalue weighted by atomic mass is 79.9. The number of rotatable bonds is 2. The van der Waals surface area contributed by atoms with Crippen molar-refractivity contribution in [3.63, 3.8) is 0 Å². The molecular weight excluding hydrogens is 312 g/mol. The maximum Gasteiger partial charge on any atom is 0.0380 e. The van der Waals surface area contributed by atoms with E-state index in [4.69, 9.17) is 5.73 Å². The topological polar surface area (TPSA) is 29.3 Å². The van der Waals surface area contributed by atoms with Gasteiger partial charge in [-0.05, 0) is 41.7 Å². The van der Waals surface area contributed by atoms with E-state index in [0.717, 1.165) is 31.7 Å². The zero-order valence-electron chi connectivity index (χ0n) is 11.7. The van der Waals surface area contributed by atoms with Crippen LogP contribution in [0.2, 0.25) is 0 Å². The van der Waals surface area contributed by atoms with Gasteiger partial charge in [-0.25, -0.2) is 0 Å². The van der Waals surface area contributed by atoms with Gasteiger partial charge in [0.2, 0.25) is 0 Å². The number of nitrogen functional groups attached to an aromatic ring is 1. The van der Waals surface area contributed by atoms with Gasteiger partial charge in [0.05, 0.1) is 0 Å². The molecule has 1 heterocycles. The molecule has 1 aliphatic rings. The van der Waals surface area contributed by atoms with Crippen molar-refractivity contribution in [3.05, 3.63) is 63.1 Å². The predicted octanol–water partition coefficient (Wildman–Crippen LogP) is 3.90. The van der Waals surface area contributed by atoms with E-state index in [-0.39, 0.29) is 0 Å². The van der Waals surface area contributed by atoms with Crippen molar-refractivity contribution in [2.45, 2.75) is 26.4 Å². The average Bonchev–Trinajstić information content (AvgIpc) is 2.46. The SMILES string of the molecule is Cc1cc(Br)c2c(c1N)CCN(Cc1ccccc1)C2. The Hall–Kier alpha value is -1.32. The van der Waals surface area contributed by atoms with Crippen molar-refractivity contribution in [1.82, 2.24) is 4.90 Å². The van der Waals surface area contributed by atoms with Crippen molar-refractivity contribution in [2.24, 2.45) is 0 Å². The molecule has 0 aromatic heterocycles. The number of benzene rings is 2. The predicted molar refractivity (Wildman–Crippen MR) is 87.6 cm³/mol. The molecule has 2 aromatic rings. The van der Waals surface area contributed by atoms with Crippen LogP contribution in [0.3, 0.4) is 0 Å². The van der Waals surface area contributed by atoms with Gasteiger partial charge in [0.1, 0.15) is 0 Å². The first kappa shape index (κ1) is 13.7. The Morgan fingerprint density at radius 2 is 1.95 bits per heavy atom. The lowest BCUT2D eigenvalue weighted by Gasteiger charge is -2.31. The summed E-state index contributed by atoms with van der Waals surface area (Å²) in [5, 5.41) is 0. The Labute approximate surface area is 128 Å². The normalized spacial score (nSPS) is 15.1. The molecule has 0 radical (unpaired) electrons. The number of halogens is 1. The van der Waals surface area contributed by atoms with E-state index >= 15 is 0 Å². The van der Waals surface area contributed by atoms with Crippen molar-refractivity contribution < 1.29 is 0 Å². The Morgan fingerprint density at radius 1 is 1.20 bits per heavy atom. The van der Waals surface area contributed by atoms with Crippen LogP contribution in [0, 0.1) is 6.92 Å². The Kier molecular flexibility index (Phi) is 3.81. The Balaban J connectivity index is 1.84. The molecule has 0 atom stereocenters. The lowest BCUT2D eigenvalue weighted by molar-refractivity contribution is 0.245. The van der Waals surface area contributed by atoms with Crippen LogP contribution in [0.5, 0.6) is 0 Å². The quantitative estimate of drug-likeness (QED) is 0.846. The van der Waals surface area contributed by atoms with E-state index < -0.39 is 0 Å². The minimum atomic E-state index is 0.968. The van der Waals surface area contributed by atoms with Crippen LogP contribution in [-0.4, -0.2) is 11.4 Å². The second kappa shape index (κ2) is 5.58. The first-order valence-electron chi connectivity index (χ1n) is 6.98. The first-order valence-corrected chi connectivity index (χ1v) is 7.77. The molecule has 3 heteroatoms. The van der Waals surface area contributed by atoms with E-state index in [1.54, 1.807) is 0 Å². The van der Waals surface area contributed by atoms with Gasteiger partial charge < -0.3 is 5.73 Å². The molecule has 0 bridgehead atoms. The Morgan fingerprint density at radius 3 is 2.70 bits per heavy atom. The van der Waals surface area contributed by atoms with Crippen molar-refractivity contribution in [3.8, 4) is 0 Å². The molecule has 20 heavy (non-hydrogen) atoms. The molecular formula is C17H19BrN2. The van der Waals surface area contributed by atoms with Crippen LogP contribution >= 0.6 is 15.9 Å². The van der Waals surface area contributed by atoms with Crippen molar-refractivity contribution in [2.75, 3.05) is 12.3 Å². The summed E-state index contributed by atoms with van der Waals surface area (Å²) >= 11 is 3.70. The third-order valence-electron chi connectivity index (χ3n) is 4.05. The van der Waals surface area contributed by atoms with Gasteiger partial charge in [-0.1, -0.05) is 46.3 Å². The highest BCUT2D eigenvalue weighted by molar-refractivity contribution is 9.10. The van der Waals surface area contributed by atoms with E-state index in [1.165, 1.54) is 26.7 Å². The van der Waals surface area contributed by atoms with Crippen LogP contribution in [0.15, 0.2) is 40.9 Å². The molecule has 3 rings (SSSR count).